The number of fused-ring (bicyclic) bond motifs is 1. The number of likely N-dealkylation sites (tertiary alicyclic amines) is 1. The number of aliphatic carboxylic acids is 1. The van der Waals surface area contributed by atoms with Crippen molar-refractivity contribution in [2.75, 3.05) is 26.2 Å². The molecule has 3 aliphatic rings. The van der Waals surface area contributed by atoms with Crippen LogP contribution in [0, 0.1) is 11.8 Å². The number of carbonyl (C=O) groups excluding carboxylic acids is 2. The van der Waals surface area contributed by atoms with E-state index in [9.17, 15) is 19.5 Å². The maximum absolute atomic E-state index is 13.7. The van der Waals surface area contributed by atoms with Gasteiger partial charge in [0, 0.05) is 26.2 Å². The third kappa shape index (κ3) is 3.75. The number of carbonyl (C=O) groups is 3. The van der Waals surface area contributed by atoms with E-state index in [1.807, 2.05) is 0 Å². The highest BCUT2D eigenvalue weighted by Crippen LogP contribution is 2.58. The number of ether oxygens (including phenoxy) is 1. The maximum atomic E-state index is 13.7. The Morgan fingerprint density at radius 2 is 2.10 bits per heavy atom. The highest BCUT2D eigenvalue weighted by atomic mass is 16.5. The predicted molar refractivity (Wildman–Crippen MR) is 110 cm³/mol. The average molecular weight is 423 g/mol. The molecule has 3 aliphatic heterocycles. The quantitative estimate of drug-likeness (QED) is 0.364. The first-order valence-corrected chi connectivity index (χ1v) is 11.1. The fraction of sp³-hybridized carbons (Fsp3) is 0.773. The predicted octanol–water partition coefficient (Wildman–Crippen LogP) is 1.42. The van der Waals surface area contributed by atoms with Crippen molar-refractivity contribution in [1.29, 1.82) is 0 Å². The zero-order valence-corrected chi connectivity index (χ0v) is 17.8. The molecule has 30 heavy (non-hydrogen) atoms. The number of rotatable bonds is 12. The van der Waals surface area contributed by atoms with Gasteiger partial charge in [0.15, 0.2) is 0 Å². The lowest BCUT2D eigenvalue weighted by Crippen LogP contribution is -2.56. The van der Waals surface area contributed by atoms with E-state index in [0.29, 0.717) is 45.3 Å². The maximum Gasteiger partial charge on any atom is 0.310 e. The zero-order valence-electron chi connectivity index (χ0n) is 17.8. The van der Waals surface area contributed by atoms with E-state index in [-0.39, 0.29) is 18.4 Å². The second kappa shape index (κ2) is 9.47. The molecule has 8 heteroatoms. The van der Waals surface area contributed by atoms with Crippen molar-refractivity contribution in [2.24, 2.45) is 11.8 Å². The Morgan fingerprint density at radius 3 is 2.73 bits per heavy atom. The van der Waals surface area contributed by atoms with Gasteiger partial charge in [0.25, 0.3) is 0 Å². The smallest absolute Gasteiger partial charge is 0.310 e. The van der Waals surface area contributed by atoms with E-state index < -0.39 is 35.6 Å². The molecule has 0 radical (unpaired) electrons. The lowest BCUT2D eigenvalue weighted by molar-refractivity contribution is -0.151. The minimum Gasteiger partial charge on any atom is -0.481 e. The number of unbranched alkanes of at least 4 members (excludes halogenated alkanes) is 3. The number of aliphatic hydroxyl groups is 1. The van der Waals surface area contributed by atoms with E-state index in [1.54, 1.807) is 11.0 Å². The summed E-state index contributed by atoms with van der Waals surface area (Å²) in [4.78, 5) is 42.3. The van der Waals surface area contributed by atoms with Gasteiger partial charge in [-0.3, -0.25) is 14.4 Å². The Kier molecular flexibility index (Phi) is 7.18. The van der Waals surface area contributed by atoms with E-state index in [2.05, 4.69) is 13.5 Å². The van der Waals surface area contributed by atoms with Crippen molar-refractivity contribution in [2.45, 2.75) is 69.6 Å². The van der Waals surface area contributed by atoms with Gasteiger partial charge in [0.05, 0.1) is 17.9 Å². The highest BCUT2D eigenvalue weighted by Gasteiger charge is 2.74. The van der Waals surface area contributed by atoms with Crippen LogP contribution >= 0.6 is 0 Å². The van der Waals surface area contributed by atoms with Crippen molar-refractivity contribution >= 4 is 17.8 Å². The first-order valence-electron chi connectivity index (χ1n) is 11.1. The molecule has 3 rings (SSSR count). The van der Waals surface area contributed by atoms with Gasteiger partial charge in [-0.15, -0.1) is 6.58 Å². The molecule has 5 atom stereocenters. The van der Waals surface area contributed by atoms with Gasteiger partial charge in [-0.25, -0.2) is 0 Å². The molecule has 2 bridgehead atoms. The van der Waals surface area contributed by atoms with Crippen LogP contribution in [0.3, 0.4) is 0 Å². The first kappa shape index (κ1) is 22.7. The van der Waals surface area contributed by atoms with E-state index in [1.165, 1.54) is 4.90 Å². The van der Waals surface area contributed by atoms with Gasteiger partial charge >= 0.3 is 5.97 Å². The summed E-state index contributed by atoms with van der Waals surface area (Å²) in [7, 11) is 0. The number of hydrogen-bond donors (Lipinski definition) is 2. The highest BCUT2D eigenvalue weighted by molar-refractivity contribution is 5.98. The SMILES string of the molecule is C=CCN(CCCCC)C(=O)[C@H]1N(CCCCO)C(=O)[C@@H]2[C@@H](C(=O)O)[C@H]3CC[C@]21O3. The monoisotopic (exact) mass is 422 g/mol. The summed E-state index contributed by atoms with van der Waals surface area (Å²) in [5, 5.41) is 18.9. The molecule has 0 unspecified atom stereocenters. The fourth-order valence-corrected chi connectivity index (χ4v) is 5.52. The summed E-state index contributed by atoms with van der Waals surface area (Å²) in [6.07, 6.45) is 6.18. The molecular formula is C22H34N2O6. The van der Waals surface area contributed by atoms with Gasteiger partial charge in [-0.1, -0.05) is 25.8 Å². The molecule has 3 heterocycles. The van der Waals surface area contributed by atoms with Crippen molar-refractivity contribution in [3.8, 4) is 0 Å². The lowest BCUT2D eigenvalue weighted by Gasteiger charge is -2.36. The minimum atomic E-state index is -1.06. The second-order valence-corrected chi connectivity index (χ2v) is 8.64. The van der Waals surface area contributed by atoms with Crippen molar-refractivity contribution in [1.82, 2.24) is 9.80 Å². The number of carboxylic acid groups (broad SMARTS) is 1. The van der Waals surface area contributed by atoms with Crippen molar-refractivity contribution in [3.63, 3.8) is 0 Å². The topological polar surface area (TPSA) is 107 Å². The summed E-state index contributed by atoms with van der Waals surface area (Å²) in [6.45, 7) is 7.13. The molecule has 2 amide bonds. The Bertz CT molecular complexity index is 683. The number of aliphatic hydroxyl groups excluding tert-OH is 1. The van der Waals surface area contributed by atoms with Crippen LogP contribution in [-0.2, 0) is 19.1 Å². The Labute approximate surface area is 177 Å². The number of amides is 2. The summed E-state index contributed by atoms with van der Waals surface area (Å²) < 4.78 is 6.19. The van der Waals surface area contributed by atoms with E-state index in [0.717, 1.165) is 19.3 Å². The van der Waals surface area contributed by atoms with Crippen LogP contribution in [0.5, 0.6) is 0 Å². The minimum absolute atomic E-state index is 0.00511. The molecule has 1 spiro atoms. The summed E-state index contributed by atoms with van der Waals surface area (Å²) in [6, 6.07) is -0.815. The number of hydrogen-bond acceptors (Lipinski definition) is 5. The molecule has 0 aromatic heterocycles. The zero-order chi connectivity index (χ0) is 21.9. The van der Waals surface area contributed by atoms with Gasteiger partial charge in [-0.2, -0.15) is 0 Å². The molecule has 0 aliphatic carbocycles. The lowest BCUT2D eigenvalue weighted by atomic mass is 9.70. The number of carboxylic acids is 1. The van der Waals surface area contributed by atoms with E-state index >= 15 is 0 Å². The van der Waals surface area contributed by atoms with Crippen molar-refractivity contribution in [3.05, 3.63) is 12.7 Å². The molecule has 0 aromatic rings. The largest absolute Gasteiger partial charge is 0.481 e. The standard InChI is InChI=1S/C22H34N2O6/c1-3-5-6-12-23(11-4-2)20(27)18-22-10-9-15(30-22)16(21(28)29)17(22)19(26)24(18)13-7-8-14-25/h4,15-18,25H,2-3,5-14H2,1H3,(H,28,29)/t15-,16+,17+,18-,22+/m1/s1. The Balaban J connectivity index is 1.93. The van der Waals surface area contributed by atoms with Crippen LogP contribution < -0.4 is 0 Å². The molecule has 168 valence electrons. The van der Waals surface area contributed by atoms with Crippen LogP contribution in [0.1, 0.15) is 51.9 Å². The molecule has 0 saturated carbocycles. The normalized spacial score (nSPS) is 31.8. The average Bonchev–Trinajstić information content (AvgIpc) is 3.35. The van der Waals surface area contributed by atoms with E-state index in [4.69, 9.17) is 9.84 Å². The second-order valence-electron chi connectivity index (χ2n) is 8.64. The van der Waals surface area contributed by atoms with Crippen LogP contribution in [0.15, 0.2) is 12.7 Å². The van der Waals surface area contributed by atoms with Crippen LogP contribution in [-0.4, -0.2) is 81.8 Å². The van der Waals surface area contributed by atoms with Gasteiger partial charge in [0.2, 0.25) is 11.8 Å². The summed E-state index contributed by atoms with van der Waals surface area (Å²) >= 11 is 0. The van der Waals surface area contributed by atoms with Crippen LogP contribution in [0.25, 0.3) is 0 Å². The summed E-state index contributed by atoms with van der Waals surface area (Å²) in [5.74, 6) is -3.24. The van der Waals surface area contributed by atoms with Crippen LogP contribution in [0.2, 0.25) is 0 Å². The Hall–Kier alpha value is -1.93. The Morgan fingerprint density at radius 1 is 1.33 bits per heavy atom. The molecule has 3 saturated heterocycles. The number of nitrogens with zero attached hydrogens (tertiary/aromatic N) is 2. The van der Waals surface area contributed by atoms with Gasteiger partial charge in [-0.05, 0) is 32.1 Å². The third-order valence-corrected chi connectivity index (χ3v) is 6.82. The fourth-order valence-electron chi connectivity index (χ4n) is 5.52. The molecular weight excluding hydrogens is 388 g/mol. The molecule has 2 N–H and O–H groups in total. The summed E-state index contributed by atoms with van der Waals surface area (Å²) in [5.41, 5.74) is -1.06. The van der Waals surface area contributed by atoms with Crippen LogP contribution in [0.4, 0.5) is 0 Å². The molecule has 8 nitrogen and oxygen atoms in total. The molecule has 0 aromatic carbocycles. The first-order chi connectivity index (χ1) is 14.4. The molecule has 3 fully saturated rings. The third-order valence-electron chi connectivity index (χ3n) is 6.82. The van der Waals surface area contributed by atoms with Crippen molar-refractivity contribution < 1.29 is 29.3 Å². The van der Waals surface area contributed by atoms with Gasteiger partial charge < -0.3 is 24.7 Å². The van der Waals surface area contributed by atoms with Gasteiger partial charge in [0.1, 0.15) is 11.6 Å².